The summed E-state index contributed by atoms with van der Waals surface area (Å²) in [5.41, 5.74) is 2.35. The summed E-state index contributed by atoms with van der Waals surface area (Å²) in [5.74, 6) is 2.47. The van der Waals surface area contributed by atoms with Gasteiger partial charge in [-0.05, 0) is 35.2 Å². The van der Waals surface area contributed by atoms with Crippen molar-refractivity contribution in [1.29, 1.82) is 0 Å². The van der Waals surface area contributed by atoms with Crippen LogP contribution in [0.3, 0.4) is 0 Å². The first kappa shape index (κ1) is 21.4. The Labute approximate surface area is 181 Å². The molecule has 0 saturated carbocycles. The normalized spacial score (nSPS) is 24.3. The first-order valence-electron chi connectivity index (χ1n) is 10.1. The van der Waals surface area contributed by atoms with Crippen LogP contribution in [0.5, 0.6) is 34.5 Å². The Bertz CT molecular complexity index is 948. The maximum atomic E-state index is 10.4. The maximum Gasteiger partial charge on any atom is 0.231 e. The Morgan fingerprint density at radius 3 is 2.13 bits per heavy atom. The van der Waals surface area contributed by atoms with Gasteiger partial charge >= 0.3 is 0 Å². The first-order valence-corrected chi connectivity index (χ1v) is 10.1. The fraction of sp³-hybridized carbons (Fsp3) is 0.478. The van der Waals surface area contributed by atoms with E-state index in [1.165, 1.54) is 14.2 Å². The smallest absolute Gasteiger partial charge is 0.231 e. The van der Waals surface area contributed by atoms with Crippen LogP contribution in [-0.4, -0.2) is 46.6 Å². The minimum Gasteiger partial charge on any atom is -0.502 e. The Balaban J connectivity index is 1.98. The highest BCUT2D eigenvalue weighted by Gasteiger charge is 2.43. The molecule has 0 bridgehead atoms. The number of phenolic OH excluding ortho intramolecular Hbond substituents is 1. The predicted molar refractivity (Wildman–Crippen MR) is 112 cm³/mol. The quantitative estimate of drug-likeness (QED) is 0.729. The zero-order chi connectivity index (χ0) is 22.3. The molecule has 0 unspecified atom stereocenters. The molecule has 2 heterocycles. The second-order valence-corrected chi connectivity index (χ2v) is 7.72. The van der Waals surface area contributed by atoms with Crippen LogP contribution in [0.25, 0.3) is 11.1 Å². The van der Waals surface area contributed by atoms with Crippen molar-refractivity contribution in [3.05, 3.63) is 23.8 Å². The van der Waals surface area contributed by atoms with Crippen molar-refractivity contribution in [3.8, 4) is 45.6 Å². The van der Waals surface area contributed by atoms with E-state index in [1.807, 2.05) is 6.07 Å². The second-order valence-electron chi connectivity index (χ2n) is 7.72. The van der Waals surface area contributed by atoms with E-state index in [9.17, 15) is 5.11 Å². The van der Waals surface area contributed by atoms with E-state index >= 15 is 0 Å². The molecule has 8 nitrogen and oxygen atoms in total. The highest BCUT2D eigenvalue weighted by Crippen LogP contribution is 2.55. The van der Waals surface area contributed by atoms with Crippen LogP contribution >= 0.6 is 0 Å². The van der Waals surface area contributed by atoms with Crippen molar-refractivity contribution >= 4 is 0 Å². The van der Waals surface area contributed by atoms with Gasteiger partial charge in [0.1, 0.15) is 0 Å². The van der Waals surface area contributed by atoms with E-state index < -0.39 is 0 Å². The third kappa shape index (κ3) is 3.40. The Hall–Kier alpha value is -2.84. The molecule has 2 aliphatic heterocycles. The van der Waals surface area contributed by atoms with Crippen molar-refractivity contribution in [2.24, 2.45) is 11.8 Å². The molecule has 1 fully saturated rings. The number of phenols is 1. The molecule has 0 amide bonds. The standard InChI is InChI=1S/C23H28O8/c1-11-12(2)23(28-6)31-20(11)14-9-17-21(30-10-29-17)22(27-5)18(14)13-7-15(25-3)19(24)16(8-13)26-4/h7-9,11-12,20,23-24H,10H2,1-6H3/t11-,12-,20-,23-/m1/s1. The molecule has 8 heteroatoms. The maximum absolute atomic E-state index is 10.4. The third-order valence-electron chi connectivity index (χ3n) is 6.18. The van der Waals surface area contributed by atoms with Gasteiger partial charge in [0.2, 0.25) is 18.3 Å². The highest BCUT2D eigenvalue weighted by atomic mass is 16.7. The zero-order valence-electron chi connectivity index (χ0n) is 18.6. The van der Waals surface area contributed by atoms with Gasteiger partial charge in [-0.2, -0.15) is 0 Å². The number of hydrogen-bond donors (Lipinski definition) is 1. The van der Waals surface area contributed by atoms with Crippen LogP contribution in [0.1, 0.15) is 25.5 Å². The number of rotatable bonds is 6. The predicted octanol–water partition coefficient (Wildman–Crippen LogP) is 4.13. The summed E-state index contributed by atoms with van der Waals surface area (Å²) in [7, 11) is 6.21. The molecule has 1 saturated heterocycles. The minimum atomic E-state index is -0.326. The third-order valence-corrected chi connectivity index (χ3v) is 6.18. The Morgan fingerprint density at radius 2 is 1.58 bits per heavy atom. The number of fused-ring (bicyclic) bond motifs is 1. The van der Waals surface area contributed by atoms with Gasteiger partial charge in [-0.3, -0.25) is 0 Å². The number of ether oxygens (including phenoxy) is 7. The molecular formula is C23H28O8. The van der Waals surface area contributed by atoms with E-state index in [-0.39, 0.29) is 48.3 Å². The van der Waals surface area contributed by atoms with Gasteiger partial charge in [0.05, 0.1) is 27.4 Å². The molecule has 2 aliphatic rings. The van der Waals surface area contributed by atoms with Crippen molar-refractivity contribution in [1.82, 2.24) is 0 Å². The lowest BCUT2D eigenvalue weighted by Gasteiger charge is -2.23. The molecule has 4 atom stereocenters. The van der Waals surface area contributed by atoms with Gasteiger partial charge in [0, 0.05) is 18.6 Å². The molecule has 0 radical (unpaired) electrons. The number of hydrogen-bond acceptors (Lipinski definition) is 8. The summed E-state index contributed by atoms with van der Waals surface area (Å²) in [6.45, 7) is 4.34. The van der Waals surface area contributed by atoms with Gasteiger partial charge in [-0.25, -0.2) is 0 Å². The van der Waals surface area contributed by atoms with Crippen LogP contribution in [0.15, 0.2) is 18.2 Å². The van der Waals surface area contributed by atoms with E-state index in [0.29, 0.717) is 17.2 Å². The van der Waals surface area contributed by atoms with Crippen LogP contribution < -0.4 is 23.7 Å². The van der Waals surface area contributed by atoms with Crippen LogP contribution in [0, 0.1) is 11.8 Å². The number of methoxy groups -OCH3 is 4. The highest BCUT2D eigenvalue weighted by molar-refractivity contribution is 5.83. The molecule has 0 aromatic heterocycles. The molecule has 31 heavy (non-hydrogen) atoms. The average Bonchev–Trinajstić information content (AvgIpc) is 3.37. The van der Waals surface area contributed by atoms with E-state index in [1.54, 1.807) is 26.4 Å². The van der Waals surface area contributed by atoms with Gasteiger partial charge in [0.15, 0.2) is 29.3 Å². The molecular weight excluding hydrogens is 404 g/mol. The topological polar surface area (TPSA) is 84.8 Å². The van der Waals surface area contributed by atoms with Crippen molar-refractivity contribution in [2.75, 3.05) is 35.2 Å². The SMILES string of the molecule is COc1cc(-c2c([C@@H]3O[C@@H](OC)[C@H](C)[C@H]3C)cc3c(c2OC)OCO3)cc(OC)c1O. The molecule has 168 valence electrons. The van der Waals surface area contributed by atoms with Crippen molar-refractivity contribution < 1.29 is 38.3 Å². The van der Waals surface area contributed by atoms with Crippen molar-refractivity contribution in [2.45, 2.75) is 26.2 Å². The minimum absolute atomic E-state index is 0.0754. The van der Waals surface area contributed by atoms with Crippen molar-refractivity contribution in [3.63, 3.8) is 0 Å². The summed E-state index contributed by atoms with van der Waals surface area (Å²) >= 11 is 0. The molecule has 1 N–H and O–H groups in total. The Kier molecular flexibility index (Phi) is 5.77. The lowest BCUT2D eigenvalue weighted by atomic mass is 9.85. The molecule has 4 rings (SSSR count). The van der Waals surface area contributed by atoms with Gasteiger partial charge in [0.25, 0.3) is 0 Å². The fourth-order valence-electron chi connectivity index (χ4n) is 4.33. The van der Waals surface area contributed by atoms with Gasteiger partial charge < -0.3 is 38.3 Å². The van der Waals surface area contributed by atoms with Crippen LogP contribution in [0.2, 0.25) is 0 Å². The number of aromatic hydroxyl groups is 1. The van der Waals surface area contributed by atoms with E-state index in [2.05, 4.69) is 13.8 Å². The van der Waals surface area contributed by atoms with E-state index in [0.717, 1.165) is 16.7 Å². The van der Waals surface area contributed by atoms with Gasteiger partial charge in [-0.1, -0.05) is 13.8 Å². The molecule has 0 spiro atoms. The van der Waals surface area contributed by atoms with E-state index in [4.69, 9.17) is 33.2 Å². The lowest BCUT2D eigenvalue weighted by molar-refractivity contribution is -0.130. The summed E-state index contributed by atoms with van der Waals surface area (Å²) in [5, 5.41) is 10.4. The molecule has 2 aromatic carbocycles. The summed E-state index contributed by atoms with van der Waals surface area (Å²) < 4.78 is 39.8. The summed E-state index contributed by atoms with van der Waals surface area (Å²) in [6, 6.07) is 5.40. The summed E-state index contributed by atoms with van der Waals surface area (Å²) in [6.07, 6.45) is -0.600. The molecule has 0 aliphatic carbocycles. The second kappa shape index (κ2) is 8.36. The molecule has 2 aromatic rings. The number of benzene rings is 2. The fourth-order valence-corrected chi connectivity index (χ4v) is 4.33. The zero-order valence-corrected chi connectivity index (χ0v) is 18.6. The Morgan fingerprint density at radius 1 is 0.903 bits per heavy atom. The monoisotopic (exact) mass is 432 g/mol. The van der Waals surface area contributed by atoms with Crippen LogP contribution in [0.4, 0.5) is 0 Å². The summed E-state index contributed by atoms with van der Waals surface area (Å²) in [4.78, 5) is 0. The average molecular weight is 432 g/mol. The van der Waals surface area contributed by atoms with Crippen LogP contribution in [-0.2, 0) is 9.47 Å². The largest absolute Gasteiger partial charge is 0.502 e. The first-order chi connectivity index (χ1) is 14.9. The lowest BCUT2D eigenvalue weighted by Crippen LogP contribution is -2.17. The van der Waals surface area contributed by atoms with Gasteiger partial charge in [-0.15, -0.1) is 0 Å².